The number of hydrogen-bond acceptors (Lipinski definition) is 2. The lowest BCUT2D eigenvalue weighted by Crippen LogP contribution is -2.11. The fourth-order valence-corrected chi connectivity index (χ4v) is 2.31. The standard InChI is InChI=1S/C14H13BrF3NO2/c1-2-3-6-21-12-9-5-4-8(14(16,17)18)7-10(9)19-13(20)11(12)15/h4-5,7H,2-3,6H2,1H3,(H,19,20). The summed E-state index contributed by atoms with van der Waals surface area (Å²) in [5.41, 5.74) is -1.23. The number of H-pyrrole nitrogens is 1. The highest BCUT2D eigenvalue weighted by Crippen LogP contribution is 2.35. The number of ether oxygens (including phenoxy) is 1. The number of halogens is 4. The van der Waals surface area contributed by atoms with E-state index in [1.807, 2.05) is 6.92 Å². The van der Waals surface area contributed by atoms with Gasteiger partial charge in [0.15, 0.2) is 0 Å². The number of hydrogen-bond donors (Lipinski definition) is 1. The van der Waals surface area contributed by atoms with Gasteiger partial charge in [-0.3, -0.25) is 4.79 Å². The van der Waals surface area contributed by atoms with Crippen LogP contribution in [0.1, 0.15) is 25.3 Å². The summed E-state index contributed by atoms with van der Waals surface area (Å²) in [5.74, 6) is 0.274. The van der Waals surface area contributed by atoms with Crippen LogP contribution in [0.25, 0.3) is 10.9 Å². The summed E-state index contributed by atoms with van der Waals surface area (Å²) in [6, 6.07) is 3.19. The number of pyridine rings is 1. The van der Waals surface area contributed by atoms with Gasteiger partial charge < -0.3 is 9.72 Å². The highest BCUT2D eigenvalue weighted by Gasteiger charge is 2.31. The van der Waals surface area contributed by atoms with Gasteiger partial charge in [0.25, 0.3) is 5.56 Å². The van der Waals surface area contributed by atoms with Crippen LogP contribution in [0, 0.1) is 0 Å². The summed E-state index contributed by atoms with van der Waals surface area (Å²) in [5, 5.41) is 0.436. The normalized spacial score (nSPS) is 11.9. The van der Waals surface area contributed by atoms with Crippen molar-refractivity contribution in [3.63, 3.8) is 0 Å². The number of aromatic nitrogens is 1. The van der Waals surface area contributed by atoms with Gasteiger partial charge in [0.1, 0.15) is 10.2 Å². The second-order valence-electron chi connectivity index (χ2n) is 4.56. The molecule has 0 aliphatic carbocycles. The molecule has 2 rings (SSSR count). The molecule has 0 bridgehead atoms. The van der Waals surface area contributed by atoms with Crippen molar-refractivity contribution in [2.45, 2.75) is 25.9 Å². The number of nitrogens with one attached hydrogen (secondary N) is 1. The molecule has 0 fully saturated rings. The van der Waals surface area contributed by atoms with Crippen LogP contribution in [0.2, 0.25) is 0 Å². The van der Waals surface area contributed by atoms with E-state index < -0.39 is 17.3 Å². The molecule has 2 aromatic rings. The smallest absolute Gasteiger partial charge is 0.416 e. The molecule has 0 radical (unpaired) electrons. The fourth-order valence-electron chi connectivity index (χ4n) is 1.88. The Labute approximate surface area is 127 Å². The molecule has 21 heavy (non-hydrogen) atoms. The van der Waals surface area contributed by atoms with Crippen LogP contribution in [0.3, 0.4) is 0 Å². The van der Waals surface area contributed by atoms with Gasteiger partial charge in [-0.2, -0.15) is 13.2 Å². The molecule has 1 aromatic carbocycles. The van der Waals surface area contributed by atoms with Crippen molar-refractivity contribution in [2.75, 3.05) is 6.61 Å². The van der Waals surface area contributed by atoms with E-state index in [9.17, 15) is 18.0 Å². The van der Waals surface area contributed by atoms with Gasteiger partial charge in [-0.1, -0.05) is 13.3 Å². The molecule has 0 amide bonds. The second kappa shape index (κ2) is 6.09. The molecule has 1 heterocycles. The Morgan fingerprint density at radius 1 is 1.33 bits per heavy atom. The summed E-state index contributed by atoms with van der Waals surface area (Å²) < 4.78 is 43.9. The molecule has 0 saturated heterocycles. The number of alkyl halides is 3. The van der Waals surface area contributed by atoms with E-state index in [1.165, 1.54) is 6.07 Å². The third-order valence-corrected chi connectivity index (χ3v) is 3.70. The Balaban J connectivity index is 2.56. The minimum Gasteiger partial charge on any atom is -0.491 e. The monoisotopic (exact) mass is 363 g/mol. The quantitative estimate of drug-likeness (QED) is 0.813. The number of fused-ring (bicyclic) bond motifs is 1. The van der Waals surface area contributed by atoms with E-state index in [0.29, 0.717) is 12.0 Å². The van der Waals surface area contributed by atoms with Gasteiger partial charge in [0.05, 0.1) is 17.7 Å². The van der Waals surface area contributed by atoms with E-state index in [0.717, 1.165) is 25.0 Å². The lowest BCUT2D eigenvalue weighted by molar-refractivity contribution is -0.137. The molecule has 0 aliphatic heterocycles. The molecular weight excluding hydrogens is 351 g/mol. The first-order valence-corrected chi connectivity index (χ1v) is 7.19. The van der Waals surface area contributed by atoms with Crippen molar-refractivity contribution >= 4 is 26.8 Å². The maximum absolute atomic E-state index is 12.7. The van der Waals surface area contributed by atoms with Gasteiger partial charge >= 0.3 is 6.18 Å². The van der Waals surface area contributed by atoms with Gasteiger partial charge in [-0.15, -0.1) is 0 Å². The zero-order valence-electron chi connectivity index (χ0n) is 11.2. The van der Waals surface area contributed by atoms with Crippen molar-refractivity contribution < 1.29 is 17.9 Å². The molecule has 0 aliphatic rings. The Bertz CT molecular complexity index is 710. The molecule has 1 aromatic heterocycles. The Morgan fingerprint density at radius 2 is 2.05 bits per heavy atom. The van der Waals surface area contributed by atoms with Crippen LogP contribution in [0.15, 0.2) is 27.5 Å². The lowest BCUT2D eigenvalue weighted by atomic mass is 10.1. The molecule has 0 saturated carbocycles. The molecule has 1 N–H and O–H groups in total. The third-order valence-electron chi connectivity index (χ3n) is 2.98. The minimum absolute atomic E-state index is 0.101. The number of rotatable bonds is 4. The van der Waals surface area contributed by atoms with Crippen LogP contribution >= 0.6 is 15.9 Å². The SMILES string of the molecule is CCCCOc1c(Br)c(=O)[nH]c2cc(C(F)(F)F)ccc12. The topological polar surface area (TPSA) is 42.1 Å². The fraction of sp³-hybridized carbons (Fsp3) is 0.357. The van der Waals surface area contributed by atoms with E-state index in [2.05, 4.69) is 20.9 Å². The Hall–Kier alpha value is -1.50. The van der Waals surface area contributed by atoms with Crippen LogP contribution in [-0.4, -0.2) is 11.6 Å². The van der Waals surface area contributed by atoms with E-state index >= 15 is 0 Å². The molecule has 7 heteroatoms. The number of aromatic amines is 1. The number of unbranched alkanes of at least 4 members (excludes halogenated alkanes) is 1. The van der Waals surface area contributed by atoms with Crippen molar-refractivity contribution in [2.24, 2.45) is 0 Å². The zero-order valence-corrected chi connectivity index (χ0v) is 12.8. The third kappa shape index (κ3) is 3.40. The van der Waals surface area contributed by atoms with Gasteiger partial charge in [-0.05, 0) is 40.5 Å². The zero-order chi connectivity index (χ0) is 15.6. The van der Waals surface area contributed by atoms with Gasteiger partial charge in [0, 0.05) is 5.39 Å². The maximum Gasteiger partial charge on any atom is 0.416 e. The molecule has 3 nitrogen and oxygen atoms in total. The molecule has 0 unspecified atom stereocenters. The van der Waals surface area contributed by atoms with Crippen LogP contribution in [0.5, 0.6) is 5.75 Å². The van der Waals surface area contributed by atoms with Crippen molar-refractivity contribution in [1.29, 1.82) is 0 Å². The predicted octanol–water partition coefficient (Wildman–Crippen LogP) is 4.49. The number of benzene rings is 1. The van der Waals surface area contributed by atoms with Crippen LogP contribution in [-0.2, 0) is 6.18 Å². The Kier molecular flexibility index (Phi) is 4.61. The van der Waals surface area contributed by atoms with E-state index in [4.69, 9.17) is 4.74 Å². The molecule has 114 valence electrons. The van der Waals surface area contributed by atoms with E-state index in [1.54, 1.807) is 0 Å². The van der Waals surface area contributed by atoms with Crippen LogP contribution in [0.4, 0.5) is 13.2 Å². The summed E-state index contributed by atoms with van der Waals surface area (Å²) in [4.78, 5) is 14.2. The molecule has 0 spiro atoms. The van der Waals surface area contributed by atoms with Crippen molar-refractivity contribution in [1.82, 2.24) is 4.98 Å². The largest absolute Gasteiger partial charge is 0.491 e. The lowest BCUT2D eigenvalue weighted by Gasteiger charge is -2.12. The Morgan fingerprint density at radius 3 is 2.67 bits per heavy atom. The average Bonchev–Trinajstić information content (AvgIpc) is 2.41. The molecular formula is C14H13BrF3NO2. The minimum atomic E-state index is -4.46. The first kappa shape index (κ1) is 15.9. The molecule has 0 atom stereocenters. The second-order valence-corrected chi connectivity index (χ2v) is 5.35. The predicted molar refractivity (Wildman–Crippen MR) is 77.7 cm³/mol. The first-order chi connectivity index (χ1) is 9.84. The highest BCUT2D eigenvalue weighted by atomic mass is 79.9. The highest BCUT2D eigenvalue weighted by molar-refractivity contribution is 9.10. The maximum atomic E-state index is 12.7. The summed E-state index contributed by atoms with van der Waals surface area (Å²) in [6.45, 7) is 2.39. The van der Waals surface area contributed by atoms with Crippen molar-refractivity contribution in [3.05, 3.63) is 38.6 Å². The summed E-state index contributed by atoms with van der Waals surface area (Å²) >= 11 is 3.12. The van der Waals surface area contributed by atoms with Gasteiger partial charge in [0.2, 0.25) is 0 Å². The van der Waals surface area contributed by atoms with Gasteiger partial charge in [-0.25, -0.2) is 0 Å². The average molecular weight is 364 g/mol. The first-order valence-electron chi connectivity index (χ1n) is 6.40. The van der Waals surface area contributed by atoms with Crippen molar-refractivity contribution in [3.8, 4) is 5.75 Å². The summed E-state index contributed by atoms with van der Waals surface area (Å²) in [6.07, 6.45) is -2.75. The summed E-state index contributed by atoms with van der Waals surface area (Å²) in [7, 11) is 0. The van der Waals surface area contributed by atoms with E-state index in [-0.39, 0.29) is 15.7 Å². The van der Waals surface area contributed by atoms with Crippen LogP contribution < -0.4 is 10.3 Å².